The van der Waals surface area contributed by atoms with E-state index in [0.29, 0.717) is 6.54 Å². The van der Waals surface area contributed by atoms with Gasteiger partial charge in [0.1, 0.15) is 11.4 Å². The second-order valence-electron chi connectivity index (χ2n) is 4.44. The van der Waals surface area contributed by atoms with Gasteiger partial charge in [0.05, 0.1) is 12.7 Å². The maximum absolute atomic E-state index is 11.7. The third-order valence-electron chi connectivity index (χ3n) is 2.91. The summed E-state index contributed by atoms with van der Waals surface area (Å²) >= 11 is 0. The molecule has 1 aromatic carbocycles. The summed E-state index contributed by atoms with van der Waals surface area (Å²) in [5, 5.41) is 23.3. The van der Waals surface area contributed by atoms with Gasteiger partial charge >= 0.3 is 10.2 Å². The molecule has 110 valence electrons. The lowest BCUT2D eigenvalue weighted by atomic mass is 10.2. The van der Waals surface area contributed by atoms with Crippen molar-refractivity contribution in [3.05, 3.63) is 54.3 Å². The van der Waals surface area contributed by atoms with Crippen LogP contribution in [0.1, 0.15) is 5.56 Å². The molecule has 0 amide bonds. The number of nitrogens with zero attached hydrogens (tertiary/aromatic N) is 3. The van der Waals surface area contributed by atoms with Crippen LogP contribution in [-0.4, -0.2) is 28.4 Å². The lowest BCUT2D eigenvalue weighted by molar-refractivity contribution is 0.392. The predicted molar refractivity (Wildman–Crippen MR) is 74.7 cm³/mol. The van der Waals surface area contributed by atoms with Crippen LogP contribution < -0.4 is 9.03 Å². The van der Waals surface area contributed by atoms with E-state index in [4.69, 9.17) is 0 Å². The molecule has 3 rings (SSSR count). The molecule has 1 aliphatic rings. The van der Waals surface area contributed by atoms with Crippen LogP contribution in [0.25, 0.3) is 0 Å². The Morgan fingerprint density at radius 3 is 2.67 bits per heavy atom. The molecule has 0 saturated heterocycles. The number of benzene rings is 1. The van der Waals surface area contributed by atoms with E-state index in [9.17, 15) is 18.6 Å². The van der Waals surface area contributed by atoms with Crippen LogP contribution in [0.3, 0.4) is 0 Å². The van der Waals surface area contributed by atoms with Gasteiger partial charge in [0.25, 0.3) is 0 Å². The molecule has 0 aliphatic carbocycles. The molecule has 2 aromatic rings. The van der Waals surface area contributed by atoms with Crippen molar-refractivity contribution in [2.45, 2.75) is 6.54 Å². The summed E-state index contributed by atoms with van der Waals surface area (Å²) in [5.74, 6) is -0.717. The maximum atomic E-state index is 11.7. The molecule has 8 nitrogen and oxygen atoms in total. The van der Waals surface area contributed by atoms with Crippen molar-refractivity contribution in [2.75, 3.05) is 4.31 Å². The first-order chi connectivity index (χ1) is 9.95. The molecule has 0 unspecified atom stereocenters. The number of hydrogen-bond donors (Lipinski definition) is 3. The number of aliphatic hydroxyl groups excluding tert-OH is 1. The number of nitrogens with one attached hydrogen (secondary N) is 1. The van der Waals surface area contributed by atoms with Crippen LogP contribution in [-0.2, 0) is 16.8 Å². The number of phenols is 1. The van der Waals surface area contributed by atoms with Gasteiger partial charge in [0, 0.05) is 12.4 Å². The molecule has 0 spiro atoms. The van der Waals surface area contributed by atoms with Gasteiger partial charge in [-0.05, 0) is 23.8 Å². The molecule has 0 atom stereocenters. The highest BCUT2D eigenvalue weighted by Crippen LogP contribution is 2.32. The van der Waals surface area contributed by atoms with Crippen molar-refractivity contribution in [2.24, 2.45) is 0 Å². The lowest BCUT2D eigenvalue weighted by Gasteiger charge is -2.16. The van der Waals surface area contributed by atoms with E-state index in [1.54, 1.807) is 29.2 Å². The molecule has 1 aliphatic heterocycles. The number of phenolic OH excluding ortho intramolecular Hbond substituents is 1. The van der Waals surface area contributed by atoms with Crippen molar-refractivity contribution in [1.29, 1.82) is 0 Å². The number of aromatic hydroxyl groups is 1. The smallest absolute Gasteiger partial charge is 0.330 e. The van der Waals surface area contributed by atoms with E-state index in [2.05, 4.69) is 5.10 Å². The lowest BCUT2D eigenvalue weighted by Crippen LogP contribution is -2.29. The number of anilines is 1. The maximum Gasteiger partial charge on any atom is 0.330 e. The van der Waals surface area contributed by atoms with Crippen LogP contribution in [0, 0.1) is 0 Å². The molecule has 21 heavy (non-hydrogen) atoms. The van der Waals surface area contributed by atoms with Gasteiger partial charge in [0.15, 0.2) is 0 Å². The minimum atomic E-state index is -3.91. The van der Waals surface area contributed by atoms with Crippen LogP contribution in [0.2, 0.25) is 0 Å². The Hall–Kier alpha value is -2.68. The SMILES string of the molecule is O=S1(=O)NC(O)=CN1c1ccc(Cn2cccn2)cc1O. The largest absolute Gasteiger partial charge is 0.506 e. The Labute approximate surface area is 120 Å². The summed E-state index contributed by atoms with van der Waals surface area (Å²) in [6.45, 7) is 0.451. The average Bonchev–Trinajstić information content (AvgIpc) is 2.97. The van der Waals surface area contributed by atoms with Crippen LogP contribution in [0.15, 0.2) is 48.7 Å². The van der Waals surface area contributed by atoms with Crippen molar-refractivity contribution >= 4 is 15.9 Å². The van der Waals surface area contributed by atoms with Crippen molar-refractivity contribution in [3.8, 4) is 5.75 Å². The minimum absolute atomic E-state index is 0.0516. The first-order valence-corrected chi connectivity index (χ1v) is 7.42. The monoisotopic (exact) mass is 308 g/mol. The molecule has 0 bridgehead atoms. The van der Waals surface area contributed by atoms with Crippen molar-refractivity contribution < 1.29 is 18.6 Å². The summed E-state index contributed by atoms with van der Waals surface area (Å²) in [7, 11) is -3.91. The fourth-order valence-corrected chi connectivity index (χ4v) is 3.09. The van der Waals surface area contributed by atoms with E-state index >= 15 is 0 Å². The summed E-state index contributed by atoms with van der Waals surface area (Å²) in [6, 6.07) is 6.37. The summed E-state index contributed by atoms with van der Waals surface area (Å²) in [6.07, 6.45) is 4.41. The molecule has 1 aromatic heterocycles. The second-order valence-corrected chi connectivity index (χ2v) is 5.99. The van der Waals surface area contributed by atoms with E-state index in [0.717, 1.165) is 16.1 Å². The zero-order valence-electron chi connectivity index (χ0n) is 10.7. The normalized spacial score (nSPS) is 16.6. The van der Waals surface area contributed by atoms with Gasteiger partial charge < -0.3 is 10.2 Å². The fourth-order valence-electron chi connectivity index (χ4n) is 2.02. The van der Waals surface area contributed by atoms with Gasteiger partial charge in [-0.15, -0.1) is 0 Å². The number of rotatable bonds is 3. The highest BCUT2D eigenvalue weighted by Gasteiger charge is 2.30. The number of hydrogen-bond acceptors (Lipinski definition) is 5. The fraction of sp³-hybridized carbons (Fsp3) is 0.0833. The Kier molecular flexibility index (Phi) is 2.98. The topological polar surface area (TPSA) is 108 Å². The third kappa shape index (κ3) is 2.50. The van der Waals surface area contributed by atoms with Gasteiger partial charge in [0.2, 0.25) is 5.88 Å². The highest BCUT2D eigenvalue weighted by molar-refractivity contribution is 7.91. The molecular formula is C12H12N4O4S. The Morgan fingerprint density at radius 2 is 2.10 bits per heavy atom. The van der Waals surface area contributed by atoms with E-state index < -0.39 is 16.1 Å². The Balaban J connectivity index is 1.92. The van der Waals surface area contributed by atoms with Gasteiger partial charge in [-0.25, -0.2) is 9.03 Å². The first kappa shape index (κ1) is 13.3. The van der Waals surface area contributed by atoms with E-state index in [1.165, 1.54) is 12.1 Å². The van der Waals surface area contributed by atoms with Crippen molar-refractivity contribution in [3.63, 3.8) is 0 Å². The zero-order chi connectivity index (χ0) is 15.0. The first-order valence-electron chi connectivity index (χ1n) is 5.98. The molecule has 2 heterocycles. The zero-order valence-corrected chi connectivity index (χ0v) is 11.5. The van der Waals surface area contributed by atoms with Crippen LogP contribution in [0.5, 0.6) is 5.75 Å². The Bertz CT molecular complexity index is 799. The quantitative estimate of drug-likeness (QED) is 0.771. The Morgan fingerprint density at radius 1 is 1.29 bits per heavy atom. The highest BCUT2D eigenvalue weighted by atomic mass is 32.2. The van der Waals surface area contributed by atoms with Gasteiger partial charge in [-0.2, -0.15) is 13.5 Å². The molecular weight excluding hydrogens is 296 g/mol. The average molecular weight is 308 g/mol. The standard InChI is InChI=1S/C12H12N4O4S/c17-11-6-9(7-15-5-1-4-13-15)2-3-10(11)16-8-12(18)14-21(16,19)20/h1-6,8,14,17-18H,7H2. The van der Waals surface area contributed by atoms with Crippen LogP contribution >= 0.6 is 0 Å². The molecule has 0 radical (unpaired) electrons. The van der Waals surface area contributed by atoms with Gasteiger partial charge in [-0.3, -0.25) is 4.68 Å². The molecule has 0 saturated carbocycles. The van der Waals surface area contributed by atoms with E-state index in [-0.39, 0.29) is 11.4 Å². The van der Waals surface area contributed by atoms with Crippen LogP contribution in [0.4, 0.5) is 5.69 Å². The number of aromatic nitrogens is 2. The van der Waals surface area contributed by atoms with Crippen molar-refractivity contribution in [1.82, 2.24) is 14.5 Å². The minimum Gasteiger partial charge on any atom is -0.506 e. The predicted octanol–water partition coefficient (Wildman–Crippen LogP) is 0.648. The molecule has 0 fully saturated rings. The molecule has 9 heteroatoms. The summed E-state index contributed by atoms with van der Waals surface area (Å²) in [5.41, 5.74) is 0.813. The summed E-state index contributed by atoms with van der Waals surface area (Å²) in [4.78, 5) is 0. The number of aliphatic hydroxyl groups is 1. The van der Waals surface area contributed by atoms with E-state index in [1.807, 2.05) is 4.72 Å². The van der Waals surface area contributed by atoms with Gasteiger partial charge in [-0.1, -0.05) is 6.07 Å². The molecule has 3 N–H and O–H groups in total. The summed E-state index contributed by atoms with van der Waals surface area (Å²) < 4.78 is 27.8. The second kappa shape index (κ2) is 4.70. The third-order valence-corrected chi connectivity index (χ3v) is 4.20.